The van der Waals surface area contributed by atoms with Gasteiger partial charge in [-0.05, 0) is 12.8 Å². The minimum atomic E-state index is -0.267. The molecular weight excluding hydrogens is 192 g/mol. The Labute approximate surface area is 92.0 Å². The first-order valence-corrected chi connectivity index (χ1v) is 5.90. The van der Waals surface area contributed by atoms with Crippen molar-refractivity contribution in [3.8, 4) is 0 Å². The van der Waals surface area contributed by atoms with Crippen LogP contribution in [0.4, 0.5) is 0 Å². The van der Waals surface area contributed by atoms with E-state index in [0.29, 0.717) is 13.2 Å². The lowest BCUT2D eigenvalue weighted by Crippen LogP contribution is -2.49. The van der Waals surface area contributed by atoms with Crippen LogP contribution in [0.15, 0.2) is 0 Å². The van der Waals surface area contributed by atoms with E-state index < -0.39 is 0 Å². The molecule has 0 saturated carbocycles. The number of hydrogen-bond acceptors (Lipinski definition) is 3. The largest absolute Gasteiger partial charge is 0.366 e. The summed E-state index contributed by atoms with van der Waals surface area (Å²) in [7, 11) is 0. The molecule has 1 heterocycles. The molecule has 4 heteroatoms. The molecule has 1 N–H and O–H groups in total. The fourth-order valence-electron chi connectivity index (χ4n) is 1.80. The van der Waals surface area contributed by atoms with Crippen LogP contribution in [0.2, 0.25) is 0 Å². The highest BCUT2D eigenvalue weighted by molar-refractivity contribution is 5.81. The topological polar surface area (TPSA) is 41.6 Å². The molecular formula is C11H22N2O2. The predicted octanol–water partition coefficient (Wildman–Crippen LogP) is 0.623. The van der Waals surface area contributed by atoms with Crippen molar-refractivity contribution >= 4 is 5.91 Å². The first-order chi connectivity index (χ1) is 7.29. The van der Waals surface area contributed by atoms with Crippen molar-refractivity contribution in [1.29, 1.82) is 0 Å². The van der Waals surface area contributed by atoms with Gasteiger partial charge >= 0.3 is 0 Å². The maximum absolute atomic E-state index is 12.0. The van der Waals surface area contributed by atoms with Crippen molar-refractivity contribution in [3.63, 3.8) is 0 Å². The third-order valence-corrected chi connectivity index (χ3v) is 2.50. The number of carbonyl (C=O) groups excluding carboxylic acids is 1. The smallest absolute Gasteiger partial charge is 0.253 e. The van der Waals surface area contributed by atoms with Crippen molar-refractivity contribution < 1.29 is 9.53 Å². The molecule has 0 aromatic carbocycles. The van der Waals surface area contributed by atoms with Gasteiger partial charge in [-0.1, -0.05) is 13.8 Å². The van der Waals surface area contributed by atoms with E-state index in [4.69, 9.17) is 4.74 Å². The monoisotopic (exact) mass is 214 g/mol. The normalized spacial score (nSPS) is 21.3. The second-order valence-electron chi connectivity index (χ2n) is 3.89. The van der Waals surface area contributed by atoms with E-state index in [0.717, 1.165) is 32.5 Å². The molecule has 1 amide bonds. The fourth-order valence-corrected chi connectivity index (χ4v) is 1.80. The predicted molar refractivity (Wildman–Crippen MR) is 59.8 cm³/mol. The van der Waals surface area contributed by atoms with E-state index >= 15 is 0 Å². The molecule has 0 aromatic heterocycles. The summed E-state index contributed by atoms with van der Waals surface area (Å²) in [5, 5.41) is 3.18. The Morgan fingerprint density at radius 2 is 2.07 bits per heavy atom. The van der Waals surface area contributed by atoms with E-state index in [9.17, 15) is 4.79 Å². The van der Waals surface area contributed by atoms with Crippen LogP contribution < -0.4 is 5.32 Å². The van der Waals surface area contributed by atoms with Gasteiger partial charge in [0.1, 0.15) is 6.10 Å². The van der Waals surface area contributed by atoms with Crippen molar-refractivity contribution in [2.75, 3.05) is 32.8 Å². The van der Waals surface area contributed by atoms with Gasteiger partial charge in [0.15, 0.2) is 0 Å². The summed E-state index contributed by atoms with van der Waals surface area (Å²) in [4.78, 5) is 14.0. The van der Waals surface area contributed by atoms with Crippen LogP contribution >= 0.6 is 0 Å². The average Bonchev–Trinajstić information content (AvgIpc) is 2.29. The van der Waals surface area contributed by atoms with Gasteiger partial charge in [-0.2, -0.15) is 0 Å². The molecule has 0 aromatic rings. The van der Waals surface area contributed by atoms with Crippen LogP contribution in [0.3, 0.4) is 0 Å². The Kier molecular flexibility index (Phi) is 5.65. The summed E-state index contributed by atoms with van der Waals surface area (Å²) in [6.45, 7) is 8.02. The molecule has 1 aliphatic rings. The average molecular weight is 214 g/mol. The van der Waals surface area contributed by atoms with Crippen molar-refractivity contribution in [1.82, 2.24) is 10.2 Å². The van der Waals surface area contributed by atoms with Gasteiger partial charge in [0.05, 0.1) is 6.61 Å². The minimum absolute atomic E-state index is 0.144. The van der Waals surface area contributed by atoms with Crippen molar-refractivity contribution in [2.24, 2.45) is 0 Å². The number of morpholine rings is 1. The van der Waals surface area contributed by atoms with Crippen LogP contribution in [0.1, 0.15) is 26.7 Å². The highest BCUT2D eigenvalue weighted by Crippen LogP contribution is 2.04. The Balaban J connectivity index is 2.45. The quantitative estimate of drug-likeness (QED) is 0.729. The number of ether oxygens (including phenoxy) is 1. The number of nitrogens with one attached hydrogen (secondary N) is 1. The summed E-state index contributed by atoms with van der Waals surface area (Å²) in [6, 6.07) is 0. The Morgan fingerprint density at radius 3 is 2.53 bits per heavy atom. The molecule has 1 saturated heterocycles. The van der Waals surface area contributed by atoms with Crippen LogP contribution in [-0.2, 0) is 9.53 Å². The zero-order valence-corrected chi connectivity index (χ0v) is 9.79. The lowest BCUT2D eigenvalue weighted by Gasteiger charge is -2.29. The van der Waals surface area contributed by atoms with E-state index in [2.05, 4.69) is 19.2 Å². The molecule has 4 nitrogen and oxygen atoms in total. The second-order valence-corrected chi connectivity index (χ2v) is 3.89. The number of carbonyl (C=O) groups is 1. The Bertz CT molecular complexity index is 185. The number of amides is 1. The Morgan fingerprint density at radius 1 is 1.40 bits per heavy atom. The molecule has 0 aliphatic carbocycles. The molecule has 0 radical (unpaired) electrons. The van der Waals surface area contributed by atoms with Gasteiger partial charge < -0.3 is 15.0 Å². The van der Waals surface area contributed by atoms with Crippen LogP contribution in [0.5, 0.6) is 0 Å². The highest BCUT2D eigenvalue weighted by atomic mass is 16.5. The Hall–Kier alpha value is -0.610. The third-order valence-electron chi connectivity index (χ3n) is 2.50. The highest BCUT2D eigenvalue weighted by Gasteiger charge is 2.25. The maximum Gasteiger partial charge on any atom is 0.253 e. The lowest BCUT2D eigenvalue weighted by atomic mass is 10.2. The van der Waals surface area contributed by atoms with Gasteiger partial charge in [0.2, 0.25) is 0 Å². The SMILES string of the molecule is CCCN(CCC)C(=O)C1CNCCO1. The third kappa shape index (κ3) is 3.80. The molecule has 1 fully saturated rings. The zero-order chi connectivity index (χ0) is 11.1. The standard InChI is InChI=1S/C11H22N2O2/c1-3-6-13(7-4-2)11(14)10-9-12-5-8-15-10/h10,12H,3-9H2,1-2H3. The fraction of sp³-hybridized carbons (Fsp3) is 0.909. The lowest BCUT2D eigenvalue weighted by molar-refractivity contribution is -0.145. The maximum atomic E-state index is 12.0. The van der Waals surface area contributed by atoms with Crippen LogP contribution in [0, 0.1) is 0 Å². The number of nitrogens with zero attached hydrogens (tertiary/aromatic N) is 1. The van der Waals surface area contributed by atoms with Crippen molar-refractivity contribution in [2.45, 2.75) is 32.8 Å². The zero-order valence-electron chi connectivity index (χ0n) is 9.79. The van der Waals surface area contributed by atoms with Crippen molar-refractivity contribution in [3.05, 3.63) is 0 Å². The molecule has 0 bridgehead atoms. The number of hydrogen-bond donors (Lipinski definition) is 1. The molecule has 1 rings (SSSR count). The molecule has 15 heavy (non-hydrogen) atoms. The summed E-state index contributed by atoms with van der Waals surface area (Å²) in [5.41, 5.74) is 0. The van der Waals surface area contributed by atoms with Gasteiger partial charge in [0.25, 0.3) is 5.91 Å². The van der Waals surface area contributed by atoms with E-state index in [-0.39, 0.29) is 12.0 Å². The van der Waals surface area contributed by atoms with E-state index in [1.165, 1.54) is 0 Å². The van der Waals surface area contributed by atoms with E-state index in [1.54, 1.807) is 0 Å². The summed E-state index contributed by atoms with van der Waals surface area (Å²) in [5.74, 6) is 0.144. The van der Waals surface area contributed by atoms with Crippen LogP contribution in [0.25, 0.3) is 0 Å². The van der Waals surface area contributed by atoms with Gasteiger partial charge in [0, 0.05) is 26.2 Å². The molecule has 1 unspecified atom stereocenters. The second kappa shape index (κ2) is 6.80. The summed E-state index contributed by atoms with van der Waals surface area (Å²) >= 11 is 0. The molecule has 0 spiro atoms. The first-order valence-electron chi connectivity index (χ1n) is 5.90. The van der Waals surface area contributed by atoms with E-state index in [1.807, 2.05) is 4.90 Å². The van der Waals surface area contributed by atoms with Gasteiger partial charge in [-0.3, -0.25) is 4.79 Å². The summed E-state index contributed by atoms with van der Waals surface area (Å²) < 4.78 is 5.46. The molecule has 88 valence electrons. The van der Waals surface area contributed by atoms with Gasteiger partial charge in [-0.15, -0.1) is 0 Å². The summed E-state index contributed by atoms with van der Waals surface area (Å²) in [6.07, 6.45) is 1.74. The van der Waals surface area contributed by atoms with Gasteiger partial charge in [-0.25, -0.2) is 0 Å². The minimum Gasteiger partial charge on any atom is -0.366 e. The molecule has 1 aliphatic heterocycles. The van der Waals surface area contributed by atoms with Crippen LogP contribution in [-0.4, -0.2) is 49.7 Å². The first kappa shape index (κ1) is 12.5. The molecule has 1 atom stereocenters. The number of rotatable bonds is 5.